The topological polar surface area (TPSA) is 99.9 Å². The van der Waals surface area contributed by atoms with E-state index < -0.39 is 24.6 Å². The molecular formula is C21H18N2O6. The molecule has 0 saturated carbocycles. The highest BCUT2D eigenvalue weighted by molar-refractivity contribution is 5.92. The molecule has 0 aliphatic carbocycles. The van der Waals surface area contributed by atoms with Crippen molar-refractivity contribution in [3.05, 3.63) is 60.2 Å². The Morgan fingerprint density at radius 3 is 2.69 bits per heavy atom. The van der Waals surface area contributed by atoms with Gasteiger partial charge in [0, 0.05) is 11.6 Å². The number of fused-ring (bicyclic) bond motifs is 1. The molecule has 148 valence electrons. The van der Waals surface area contributed by atoms with Gasteiger partial charge in [-0.1, -0.05) is 47.1 Å². The largest absolute Gasteiger partial charge is 0.485 e. The van der Waals surface area contributed by atoms with E-state index in [1.165, 1.54) is 0 Å². The van der Waals surface area contributed by atoms with Gasteiger partial charge >= 0.3 is 5.97 Å². The molecule has 0 spiro atoms. The molecule has 8 heteroatoms. The van der Waals surface area contributed by atoms with Gasteiger partial charge in [0.15, 0.2) is 18.1 Å². The number of benzene rings is 2. The summed E-state index contributed by atoms with van der Waals surface area (Å²) in [4.78, 5) is 24.2. The van der Waals surface area contributed by atoms with Gasteiger partial charge in [-0.25, -0.2) is 4.79 Å². The van der Waals surface area contributed by atoms with Gasteiger partial charge in [-0.15, -0.1) is 0 Å². The molecule has 0 fully saturated rings. The Hall–Kier alpha value is -3.81. The van der Waals surface area contributed by atoms with Crippen LogP contribution in [0.2, 0.25) is 0 Å². The molecule has 2 aromatic carbocycles. The minimum atomic E-state index is -0.934. The molecule has 1 N–H and O–H groups in total. The highest BCUT2D eigenvalue weighted by Gasteiger charge is 2.29. The molecule has 3 aromatic rings. The Balaban J connectivity index is 1.28. The zero-order valence-electron chi connectivity index (χ0n) is 15.6. The van der Waals surface area contributed by atoms with Crippen molar-refractivity contribution >= 4 is 17.8 Å². The molecule has 1 aliphatic heterocycles. The van der Waals surface area contributed by atoms with Crippen LogP contribution >= 0.6 is 0 Å². The van der Waals surface area contributed by atoms with E-state index in [-0.39, 0.29) is 12.5 Å². The molecule has 0 radical (unpaired) electrons. The third-order valence-electron chi connectivity index (χ3n) is 4.24. The lowest BCUT2D eigenvalue weighted by Crippen LogP contribution is -2.39. The first-order chi connectivity index (χ1) is 14.1. The molecule has 1 aromatic heterocycles. The normalized spacial score (nSPS) is 14.9. The summed E-state index contributed by atoms with van der Waals surface area (Å²) in [5, 5.41) is 6.43. The number of amides is 1. The molecule has 8 nitrogen and oxygen atoms in total. The lowest BCUT2D eigenvalue weighted by Gasteiger charge is -2.24. The van der Waals surface area contributed by atoms with Crippen molar-refractivity contribution in [3.8, 4) is 22.8 Å². The van der Waals surface area contributed by atoms with Gasteiger partial charge in [-0.3, -0.25) is 10.1 Å². The molecule has 0 saturated heterocycles. The van der Waals surface area contributed by atoms with Crippen LogP contribution in [0.15, 0.2) is 59.1 Å². The van der Waals surface area contributed by atoms with E-state index in [1.807, 2.05) is 31.2 Å². The van der Waals surface area contributed by atoms with Crippen LogP contribution in [-0.2, 0) is 14.3 Å². The van der Waals surface area contributed by atoms with Crippen molar-refractivity contribution in [2.45, 2.75) is 13.0 Å². The van der Waals surface area contributed by atoms with Crippen LogP contribution in [-0.4, -0.2) is 36.4 Å². The Kier molecular flexibility index (Phi) is 5.15. The van der Waals surface area contributed by atoms with E-state index in [0.717, 1.165) is 11.1 Å². The number of esters is 1. The number of carbonyl (C=O) groups excluding carboxylic acids is 2. The fourth-order valence-electron chi connectivity index (χ4n) is 2.73. The van der Waals surface area contributed by atoms with Crippen LogP contribution in [0.5, 0.6) is 11.5 Å². The fraction of sp³-hybridized carbons (Fsp3) is 0.190. The van der Waals surface area contributed by atoms with E-state index in [1.54, 1.807) is 30.3 Å². The number of carbonyl (C=O) groups is 2. The number of anilines is 1. The van der Waals surface area contributed by atoms with Crippen molar-refractivity contribution in [2.24, 2.45) is 0 Å². The molecule has 1 amide bonds. The van der Waals surface area contributed by atoms with E-state index in [9.17, 15) is 9.59 Å². The second kappa shape index (κ2) is 8.05. The maximum Gasteiger partial charge on any atom is 0.351 e. The summed E-state index contributed by atoms with van der Waals surface area (Å²) in [6.07, 6.45) is -0.934. The zero-order valence-corrected chi connectivity index (χ0v) is 15.6. The molecule has 2 heterocycles. The number of para-hydroxylation sites is 2. The summed E-state index contributed by atoms with van der Waals surface area (Å²) in [6, 6.07) is 16.3. The zero-order chi connectivity index (χ0) is 20.2. The average molecular weight is 394 g/mol. The van der Waals surface area contributed by atoms with Crippen LogP contribution in [0.1, 0.15) is 5.56 Å². The Bertz CT molecular complexity index is 1030. The quantitative estimate of drug-likeness (QED) is 0.664. The Labute approximate surface area is 166 Å². The first-order valence-corrected chi connectivity index (χ1v) is 8.97. The van der Waals surface area contributed by atoms with Gasteiger partial charge in [-0.2, -0.15) is 0 Å². The van der Waals surface area contributed by atoms with Gasteiger partial charge in [0.1, 0.15) is 12.3 Å². The van der Waals surface area contributed by atoms with E-state index in [2.05, 4.69) is 10.5 Å². The van der Waals surface area contributed by atoms with E-state index in [4.69, 9.17) is 18.7 Å². The molecule has 1 atom stereocenters. The highest BCUT2D eigenvalue weighted by atomic mass is 16.6. The standard InChI is InChI=1S/C21H18N2O6/c1-13-6-8-14(9-7-13)15-10-20(29-23-15)22-19(24)12-27-21(25)18-11-26-16-4-2-3-5-17(16)28-18/h2-10,18H,11-12H2,1H3,(H,22,24)/t18-/m0/s1. The second-order valence-electron chi connectivity index (χ2n) is 6.46. The lowest BCUT2D eigenvalue weighted by atomic mass is 10.1. The predicted octanol–water partition coefficient (Wildman–Crippen LogP) is 2.97. The van der Waals surface area contributed by atoms with Gasteiger partial charge in [0.2, 0.25) is 12.0 Å². The van der Waals surface area contributed by atoms with Crippen molar-refractivity contribution in [1.82, 2.24) is 5.16 Å². The summed E-state index contributed by atoms with van der Waals surface area (Å²) in [5.41, 5.74) is 2.58. The average Bonchev–Trinajstić information content (AvgIpc) is 3.20. The Morgan fingerprint density at radius 2 is 1.90 bits per heavy atom. The number of ether oxygens (including phenoxy) is 3. The summed E-state index contributed by atoms with van der Waals surface area (Å²) >= 11 is 0. The van der Waals surface area contributed by atoms with Crippen molar-refractivity contribution in [1.29, 1.82) is 0 Å². The van der Waals surface area contributed by atoms with Crippen molar-refractivity contribution < 1.29 is 28.3 Å². The summed E-state index contributed by atoms with van der Waals surface area (Å²) in [7, 11) is 0. The van der Waals surface area contributed by atoms with E-state index >= 15 is 0 Å². The summed E-state index contributed by atoms with van der Waals surface area (Å²) in [5.74, 6) is -0.0677. The summed E-state index contributed by atoms with van der Waals surface area (Å²) in [6.45, 7) is 1.52. The lowest BCUT2D eigenvalue weighted by molar-refractivity contribution is -0.156. The second-order valence-corrected chi connectivity index (χ2v) is 6.46. The third-order valence-corrected chi connectivity index (χ3v) is 4.24. The SMILES string of the molecule is Cc1ccc(-c2cc(NC(=O)COC(=O)[C@@H]3COc4ccccc4O3)on2)cc1. The molecule has 4 rings (SSSR count). The molecule has 1 aliphatic rings. The van der Waals surface area contributed by atoms with Crippen molar-refractivity contribution in [2.75, 3.05) is 18.5 Å². The number of rotatable bonds is 5. The Morgan fingerprint density at radius 1 is 1.14 bits per heavy atom. The predicted molar refractivity (Wildman–Crippen MR) is 103 cm³/mol. The first kappa shape index (κ1) is 18.5. The van der Waals surface area contributed by atoms with Gasteiger partial charge < -0.3 is 18.7 Å². The van der Waals surface area contributed by atoms with E-state index in [0.29, 0.717) is 17.2 Å². The smallest absolute Gasteiger partial charge is 0.351 e. The van der Waals surface area contributed by atoms with Gasteiger partial charge in [0.05, 0.1) is 0 Å². The molecule has 29 heavy (non-hydrogen) atoms. The maximum absolute atomic E-state index is 12.1. The number of nitrogens with one attached hydrogen (secondary N) is 1. The molecule has 0 unspecified atom stereocenters. The van der Waals surface area contributed by atoms with Crippen LogP contribution in [0, 0.1) is 6.92 Å². The third kappa shape index (κ3) is 4.37. The van der Waals surface area contributed by atoms with Crippen LogP contribution in [0.4, 0.5) is 5.88 Å². The fourth-order valence-corrected chi connectivity index (χ4v) is 2.73. The minimum Gasteiger partial charge on any atom is -0.485 e. The maximum atomic E-state index is 12.1. The number of nitrogens with zero attached hydrogens (tertiary/aromatic N) is 1. The highest BCUT2D eigenvalue weighted by Crippen LogP contribution is 2.31. The molecular weight excluding hydrogens is 376 g/mol. The number of aryl methyl sites for hydroxylation is 1. The number of hydrogen-bond acceptors (Lipinski definition) is 7. The summed E-state index contributed by atoms with van der Waals surface area (Å²) < 4.78 is 21.1. The number of aromatic nitrogens is 1. The van der Waals surface area contributed by atoms with Crippen LogP contribution in [0.3, 0.4) is 0 Å². The monoisotopic (exact) mass is 394 g/mol. The van der Waals surface area contributed by atoms with Crippen LogP contribution in [0.25, 0.3) is 11.3 Å². The first-order valence-electron chi connectivity index (χ1n) is 8.97. The minimum absolute atomic E-state index is 0.0134. The van der Waals surface area contributed by atoms with Crippen molar-refractivity contribution in [3.63, 3.8) is 0 Å². The number of hydrogen-bond donors (Lipinski definition) is 1. The molecule has 0 bridgehead atoms. The van der Waals surface area contributed by atoms with Crippen LogP contribution < -0.4 is 14.8 Å². The van der Waals surface area contributed by atoms with Gasteiger partial charge in [-0.05, 0) is 19.1 Å². The van der Waals surface area contributed by atoms with Gasteiger partial charge in [0.25, 0.3) is 5.91 Å².